The van der Waals surface area contributed by atoms with Crippen LogP contribution in [0.2, 0.25) is 0 Å². The summed E-state index contributed by atoms with van der Waals surface area (Å²) >= 11 is 0. The summed E-state index contributed by atoms with van der Waals surface area (Å²) in [5.41, 5.74) is 1.10. The smallest absolute Gasteiger partial charge is 0.354 e. The third-order valence-corrected chi connectivity index (χ3v) is 3.50. The molecule has 1 amide bonds. The van der Waals surface area contributed by atoms with Crippen molar-refractivity contribution < 1.29 is 19.8 Å². The molecule has 0 saturated heterocycles. The lowest BCUT2D eigenvalue weighted by molar-refractivity contribution is 0.0690. The largest absolute Gasteiger partial charge is 0.477 e. The summed E-state index contributed by atoms with van der Waals surface area (Å²) in [5.74, 6) is -1.55. The topological polar surface area (TPSA) is 99.5 Å². The SMILES string of the molecule is O=C(NCC(CCO)c1ccccc1)c1ccnc(C(=O)O)c1. The number of rotatable bonds is 7. The number of carbonyl (C=O) groups excluding carboxylic acids is 1. The Morgan fingerprint density at radius 2 is 1.91 bits per heavy atom. The molecular formula is C17H18N2O4. The second-order valence-corrected chi connectivity index (χ2v) is 5.06. The number of carboxylic acid groups (broad SMARTS) is 1. The summed E-state index contributed by atoms with van der Waals surface area (Å²) in [5, 5.41) is 20.9. The highest BCUT2D eigenvalue weighted by Gasteiger charge is 2.14. The number of carboxylic acids is 1. The Hall–Kier alpha value is -2.73. The highest BCUT2D eigenvalue weighted by atomic mass is 16.4. The zero-order chi connectivity index (χ0) is 16.7. The van der Waals surface area contributed by atoms with Gasteiger partial charge in [0.05, 0.1) is 0 Å². The van der Waals surface area contributed by atoms with Crippen molar-refractivity contribution in [1.29, 1.82) is 0 Å². The van der Waals surface area contributed by atoms with Gasteiger partial charge in [-0.15, -0.1) is 0 Å². The summed E-state index contributed by atoms with van der Waals surface area (Å²) in [6.07, 6.45) is 1.82. The monoisotopic (exact) mass is 314 g/mol. The Kier molecular flexibility index (Phi) is 5.82. The third-order valence-electron chi connectivity index (χ3n) is 3.50. The van der Waals surface area contributed by atoms with Crippen LogP contribution in [-0.4, -0.2) is 40.2 Å². The number of carbonyl (C=O) groups is 2. The zero-order valence-corrected chi connectivity index (χ0v) is 12.5. The molecule has 2 rings (SSSR count). The van der Waals surface area contributed by atoms with Crippen molar-refractivity contribution in [3.05, 3.63) is 65.5 Å². The van der Waals surface area contributed by atoms with Crippen LogP contribution in [0.15, 0.2) is 48.7 Å². The van der Waals surface area contributed by atoms with Crippen molar-refractivity contribution in [2.45, 2.75) is 12.3 Å². The number of aliphatic hydroxyl groups is 1. The van der Waals surface area contributed by atoms with E-state index in [1.54, 1.807) is 0 Å². The molecule has 6 nitrogen and oxygen atoms in total. The Morgan fingerprint density at radius 1 is 1.17 bits per heavy atom. The zero-order valence-electron chi connectivity index (χ0n) is 12.5. The molecule has 120 valence electrons. The molecule has 0 aliphatic heterocycles. The molecule has 0 aliphatic carbocycles. The van der Waals surface area contributed by atoms with Crippen molar-refractivity contribution in [2.75, 3.05) is 13.2 Å². The molecule has 0 aliphatic rings. The first-order valence-corrected chi connectivity index (χ1v) is 7.25. The van der Waals surface area contributed by atoms with Gasteiger partial charge in [0.1, 0.15) is 5.69 Å². The van der Waals surface area contributed by atoms with Gasteiger partial charge in [-0.2, -0.15) is 0 Å². The number of aliphatic hydroxyl groups excluding tert-OH is 1. The molecule has 1 unspecified atom stereocenters. The van der Waals surface area contributed by atoms with E-state index in [2.05, 4.69) is 10.3 Å². The fourth-order valence-corrected chi connectivity index (χ4v) is 2.27. The van der Waals surface area contributed by atoms with E-state index in [4.69, 9.17) is 5.11 Å². The van der Waals surface area contributed by atoms with E-state index < -0.39 is 5.97 Å². The van der Waals surface area contributed by atoms with E-state index in [0.717, 1.165) is 5.56 Å². The van der Waals surface area contributed by atoms with Gasteiger partial charge in [-0.1, -0.05) is 30.3 Å². The number of hydrogen-bond acceptors (Lipinski definition) is 4. The molecule has 1 heterocycles. The molecule has 0 fully saturated rings. The molecule has 0 bridgehead atoms. The van der Waals surface area contributed by atoms with Crippen LogP contribution in [0.5, 0.6) is 0 Å². The molecule has 0 spiro atoms. The van der Waals surface area contributed by atoms with Gasteiger partial charge < -0.3 is 15.5 Å². The van der Waals surface area contributed by atoms with Crippen LogP contribution in [0.3, 0.4) is 0 Å². The average Bonchev–Trinajstić information content (AvgIpc) is 2.59. The van der Waals surface area contributed by atoms with Crippen molar-refractivity contribution in [2.24, 2.45) is 0 Å². The number of pyridine rings is 1. The predicted molar refractivity (Wildman–Crippen MR) is 84.4 cm³/mol. The molecule has 2 aromatic rings. The molecule has 1 aromatic heterocycles. The Balaban J connectivity index is 2.04. The highest BCUT2D eigenvalue weighted by Crippen LogP contribution is 2.18. The number of aromatic nitrogens is 1. The Bertz CT molecular complexity index is 673. The third kappa shape index (κ3) is 4.62. The fraction of sp³-hybridized carbons (Fsp3) is 0.235. The Morgan fingerprint density at radius 3 is 2.57 bits per heavy atom. The van der Waals surface area contributed by atoms with Crippen LogP contribution in [0.25, 0.3) is 0 Å². The second-order valence-electron chi connectivity index (χ2n) is 5.06. The summed E-state index contributed by atoms with van der Waals surface area (Å²) in [4.78, 5) is 26.7. The summed E-state index contributed by atoms with van der Waals surface area (Å²) in [6, 6.07) is 12.3. The number of benzene rings is 1. The molecule has 1 aromatic carbocycles. The minimum absolute atomic E-state index is 0.00840. The number of aromatic carboxylic acids is 1. The van der Waals surface area contributed by atoms with Gasteiger partial charge in [0.2, 0.25) is 0 Å². The van der Waals surface area contributed by atoms with E-state index in [9.17, 15) is 14.7 Å². The van der Waals surface area contributed by atoms with Crippen LogP contribution in [0, 0.1) is 0 Å². The second kappa shape index (κ2) is 8.05. The van der Waals surface area contributed by atoms with E-state index >= 15 is 0 Å². The van der Waals surface area contributed by atoms with Gasteiger partial charge in [0.25, 0.3) is 5.91 Å². The quantitative estimate of drug-likeness (QED) is 0.722. The van der Waals surface area contributed by atoms with Crippen LogP contribution < -0.4 is 5.32 Å². The predicted octanol–water partition coefficient (Wildman–Crippen LogP) is 1.68. The molecule has 3 N–H and O–H groups in total. The molecule has 0 saturated carbocycles. The highest BCUT2D eigenvalue weighted by molar-refractivity contribution is 5.96. The van der Waals surface area contributed by atoms with Crippen LogP contribution in [-0.2, 0) is 0 Å². The van der Waals surface area contributed by atoms with Gasteiger partial charge in [-0.05, 0) is 24.1 Å². The first-order valence-electron chi connectivity index (χ1n) is 7.25. The standard InChI is InChI=1S/C17H18N2O4/c20-9-7-14(12-4-2-1-3-5-12)11-19-16(21)13-6-8-18-15(10-13)17(22)23/h1-6,8,10,14,20H,7,9,11H2,(H,19,21)(H,22,23). The van der Waals surface area contributed by atoms with E-state index in [1.165, 1.54) is 18.3 Å². The maximum atomic E-state index is 12.2. The van der Waals surface area contributed by atoms with Gasteiger partial charge in [-0.25, -0.2) is 9.78 Å². The van der Waals surface area contributed by atoms with Crippen molar-refractivity contribution >= 4 is 11.9 Å². The first-order chi connectivity index (χ1) is 11.1. The lowest BCUT2D eigenvalue weighted by Crippen LogP contribution is -2.29. The summed E-state index contributed by atoms with van der Waals surface area (Å²) in [7, 11) is 0. The molecular weight excluding hydrogens is 296 g/mol. The van der Waals surface area contributed by atoms with Gasteiger partial charge in [0.15, 0.2) is 0 Å². The van der Waals surface area contributed by atoms with E-state index in [0.29, 0.717) is 13.0 Å². The summed E-state index contributed by atoms with van der Waals surface area (Å²) in [6.45, 7) is 0.377. The molecule has 1 atom stereocenters. The molecule has 23 heavy (non-hydrogen) atoms. The lowest BCUT2D eigenvalue weighted by atomic mass is 9.96. The minimum Gasteiger partial charge on any atom is -0.477 e. The number of nitrogens with one attached hydrogen (secondary N) is 1. The average molecular weight is 314 g/mol. The molecule has 6 heteroatoms. The number of hydrogen-bond donors (Lipinski definition) is 3. The first kappa shape index (κ1) is 16.6. The van der Waals surface area contributed by atoms with E-state index in [1.807, 2.05) is 30.3 Å². The lowest BCUT2D eigenvalue weighted by Gasteiger charge is -2.17. The normalized spacial score (nSPS) is 11.7. The number of nitrogens with zero attached hydrogens (tertiary/aromatic N) is 1. The Labute approximate surface area is 133 Å². The maximum Gasteiger partial charge on any atom is 0.354 e. The van der Waals surface area contributed by atoms with Crippen LogP contribution in [0.4, 0.5) is 0 Å². The van der Waals surface area contributed by atoms with Crippen molar-refractivity contribution in [3.8, 4) is 0 Å². The van der Waals surface area contributed by atoms with Crippen molar-refractivity contribution in [1.82, 2.24) is 10.3 Å². The van der Waals surface area contributed by atoms with Gasteiger partial charge in [0, 0.05) is 30.8 Å². The van der Waals surface area contributed by atoms with Gasteiger partial charge >= 0.3 is 5.97 Å². The number of amides is 1. The van der Waals surface area contributed by atoms with Crippen LogP contribution >= 0.6 is 0 Å². The van der Waals surface area contributed by atoms with E-state index in [-0.39, 0.29) is 29.7 Å². The fourth-order valence-electron chi connectivity index (χ4n) is 2.27. The maximum absolute atomic E-state index is 12.2. The molecule has 0 radical (unpaired) electrons. The minimum atomic E-state index is -1.18. The van der Waals surface area contributed by atoms with Crippen molar-refractivity contribution in [3.63, 3.8) is 0 Å². The summed E-state index contributed by atoms with van der Waals surface area (Å²) < 4.78 is 0. The van der Waals surface area contributed by atoms with Gasteiger partial charge in [-0.3, -0.25) is 4.79 Å². The van der Waals surface area contributed by atoms with Crippen LogP contribution in [0.1, 0.15) is 38.7 Å².